The fraction of sp³-hybridized carbons (Fsp3) is 0.111. The summed E-state index contributed by atoms with van der Waals surface area (Å²) in [6, 6.07) is 13.4. The smallest absolute Gasteiger partial charge is 0.356 e. The highest BCUT2D eigenvalue weighted by molar-refractivity contribution is 6.13. The molecular formula is C18H14N2O3. The van der Waals surface area contributed by atoms with Gasteiger partial charge in [-0.15, -0.1) is 0 Å². The van der Waals surface area contributed by atoms with Crippen LogP contribution in [0.1, 0.15) is 10.5 Å². The molecule has 0 N–H and O–H groups in total. The first-order valence-electron chi connectivity index (χ1n) is 7.21. The number of carbonyl (C=O) groups is 1. The number of furan rings is 1. The Bertz CT molecular complexity index is 1030. The van der Waals surface area contributed by atoms with E-state index in [0.717, 1.165) is 21.8 Å². The van der Waals surface area contributed by atoms with Crippen molar-refractivity contribution in [3.63, 3.8) is 0 Å². The maximum Gasteiger partial charge on any atom is 0.356 e. The number of esters is 1. The molecule has 4 rings (SSSR count). The van der Waals surface area contributed by atoms with Gasteiger partial charge in [0.25, 0.3) is 0 Å². The van der Waals surface area contributed by atoms with Crippen molar-refractivity contribution in [3.05, 3.63) is 54.4 Å². The van der Waals surface area contributed by atoms with Gasteiger partial charge < -0.3 is 13.7 Å². The Kier molecular flexibility index (Phi) is 2.94. The molecule has 0 saturated carbocycles. The molecule has 3 heterocycles. The Labute approximate surface area is 132 Å². The van der Waals surface area contributed by atoms with Crippen LogP contribution in [0.25, 0.3) is 33.3 Å². The number of hydrogen-bond acceptors (Lipinski definition) is 4. The summed E-state index contributed by atoms with van der Waals surface area (Å²) in [7, 11) is 3.33. The predicted octanol–water partition coefficient (Wildman–Crippen LogP) is 3.77. The Morgan fingerprint density at radius 1 is 1.17 bits per heavy atom. The summed E-state index contributed by atoms with van der Waals surface area (Å²) in [4.78, 5) is 16.5. The van der Waals surface area contributed by atoms with Crippen molar-refractivity contribution >= 4 is 27.8 Å². The minimum Gasteiger partial charge on any atom is -0.464 e. The highest BCUT2D eigenvalue weighted by Gasteiger charge is 2.20. The van der Waals surface area contributed by atoms with Crippen molar-refractivity contribution in [1.82, 2.24) is 9.55 Å². The van der Waals surface area contributed by atoms with Crippen LogP contribution in [0, 0.1) is 0 Å². The molecule has 0 aliphatic carbocycles. The number of methoxy groups -OCH3 is 1. The molecule has 0 saturated heterocycles. The van der Waals surface area contributed by atoms with Gasteiger partial charge in [0.15, 0.2) is 5.76 Å². The topological polar surface area (TPSA) is 57.3 Å². The lowest BCUT2D eigenvalue weighted by molar-refractivity contribution is 0.0594. The summed E-state index contributed by atoms with van der Waals surface area (Å²) in [6.07, 6.45) is 1.59. The number of pyridine rings is 1. The summed E-state index contributed by atoms with van der Waals surface area (Å²) in [5.74, 6) is 0.152. The van der Waals surface area contributed by atoms with Crippen LogP contribution in [-0.2, 0) is 11.8 Å². The fourth-order valence-corrected chi connectivity index (χ4v) is 2.99. The van der Waals surface area contributed by atoms with Crippen molar-refractivity contribution in [2.24, 2.45) is 7.05 Å². The zero-order valence-corrected chi connectivity index (χ0v) is 12.7. The number of rotatable bonds is 2. The lowest BCUT2D eigenvalue weighted by Crippen LogP contribution is -2.05. The van der Waals surface area contributed by atoms with Crippen LogP contribution in [0.15, 0.2) is 53.1 Å². The van der Waals surface area contributed by atoms with Crippen LogP contribution in [0.5, 0.6) is 0 Å². The van der Waals surface area contributed by atoms with Crippen LogP contribution >= 0.6 is 0 Å². The van der Waals surface area contributed by atoms with Crippen LogP contribution in [0.2, 0.25) is 0 Å². The summed E-state index contributed by atoms with van der Waals surface area (Å²) in [5.41, 5.74) is 2.89. The van der Waals surface area contributed by atoms with E-state index in [0.29, 0.717) is 11.5 Å². The lowest BCUT2D eigenvalue weighted by atomic mass is 10.1. The van der Waals surface area contributed by atoms with E-state index < -0.39 is 5.97 Å². The second kappa shape index (κ2) is 4.98. The number of fused-ring (bicyclic) bond motifs is 3. The number of hydrogen-bond donors (Lipinski definition) is 0. The van der Waals surface area contributed by atoms with E-state index in [2.05, 4.69) is 9.55 Å². The summed E-state index contributed by atoms with van der Waals surface area (Å²) in [5, 5.41) is 2.01. The molecule has 3 aromatic heterocycles. The number of para-hydroxylation sites is 1. The fourth-order valence-electron chi connectivity index (χ4n) is 2.99. The molecular weight excluding hydrogens is 292 g/mol. The van der Waals surface area contributed by atoms with Crippen molar-refractivity contribution in [2.45, 2.75) is 0 Å². The molecule has 0 fully saturated rings. The highest BCUT2D eigenvalue weighted by atomic mass is 16.5. The van der Waals surface area contributed by atoms with Crippen LogP contribution in [-0.4, -0.2) is 22.6 Å². The van der Waals surface area contributed by atoms with E-state index in [1.807, 2.05) is 37.4 Å². The molecule has 0 amide bonds. The van der Waals surface area contributed by atoms with Gasteiger partial charge in [-0.1, -0.05) is 18.2 Å². The first-order valence-corrected chi connectivity index (χ1v) is 7.21. The second-order valence-electron chi connectivity index (χ2n) is 5.30. The number of aromatic nitrogens is 2. The Morgan fingerprint density at radius 2 is 2.00 bits per heavy atom. The lowest BCUT2D eigenvalue weighted by Gasteiger charge is -2.06. The third kappa shape index (κ3) is 1.93. The Hall–Kier alpha value is -3.08. The SMILES string of the molecule is COC(=O)c1cc2c3ccccc3n(C)c2c(-c2ccco2)n1. The Morgan fingerprint density at radius 3 is 2.74 bits per heavy atom. The van der Waals surface area contributed by atoms with Crippen molar-refractivity contribution in [1.29, 1.82) is 0 Å². The number of aryl methyl sites for hydroxylation is 1. The number of benzene rings is 1. The van der Waals surface area contributed by atoms with E-state index in [-0.39, 0.29) is 5.69 Å². The monoisotopic (exact) mass is 306 g/mol. The van der Waals surface area contributed by atoms with Gasteiger partial charge in [0.05, 0.1) is 18.9 Å². The van der Waals surface area contributed by atoms with Crippen LogP contribution in [0.3, 0.4) is 0 Å². The van der Waals surface area contributed by atoms with Gasteiger partial charge >= 0.3 is 5.97 Å². The largest absolute Gasteiger partial charge is 0.464 e. The normalized spacial score (nSPS) is 11.2. The van der Waals surface area contributed by atoms with E-state index in [4.69, 9.17) is 9.15 Å². The van der Waals surface area contributed by atoms with Gasteiger partial charge in [0.1, 0.15) is 11.4 Å². The highest BCUT2D eigenvalue weighted by Crippen LogP contribution is 2.34. The van der Waals surface area contributed by atoms with Crippen molar-refractivity contribution in [2.75, 3.05) is 7.11 Å². The van der Waals surface area contributed by atoms with Crippen LogP contribution in [0.4, 0.5) is 0 Å². The molecule has 5 nitrogen and oxygen atoms in total. The van der Waals surface area contributed by atoms with Crippen molar-refractivity contribution < 1.29 is 13.9 Å². The number of nitrogens with zero attached hydrogens (tertiary/aromatic N) is 2. The molecule has 23 heavy (non-hydrogen) atoms. The zero-order chi connectivity index (χ0) is 16.0. The van der Waals surface area contributed by atoms with E-state index in [9.17, 15) is 4.79 Å². The van der Waals surface area contributed by atoms with Gasteiger partial charge in [0.2, 0.25) is 0 Å². The van der Waals surface area contributed by atoms with Gasteiger partial charge in [-0.3, -0.25) is 0 Å². The quantitative estimate of drug-likeness (QED) is 0.529. The summed E-state index contributed by atoms with van der Waals surface area (Å²) < 4.78 is 12.4. The van der Waals surface area contributed by atoms with Crippen LogP contribution < -0.4 is 0 Å². The van der Waals surface area contributed by atoms with Gasteiger partial charge in [0, 0.05) is 23.3 Å². The predicted molar refractivity (Wildman–Crippen MR) is 87.3 cm³/mol. The molecule has 0 atom stereocenters. The maximum absolute atomic E-state index is 12.0. The standard InChI is InChI=1S/C18H14N2O3/c1-20-14-7-4-3-6-11(14)12-10-13(18(21)22-2)19-16(17(12)20)15-8-5-9-23-15/h3-10H,1-2H3. The molecule has 0 unspecified atom stereocenters. The van der Waals surface area contributed by atoms with Gasteiger partial charge in [-0.25, -0.2) is 9.78 Å². The minimum atomic E-state index is -0.465. The third-order valence-electron chi connectivity index (χ3n) is 4.03. The second-order valence-corrected chi connectivity index (χ2v) is 5.30. The van der Waals surface area contributed by atoms with E-state index in [1.165, 1.54) is 7.11 Å². The van der Waals surface area contributed by atoms with E-state index in [1.54, 1.807) is 18.4 Å². The molecule has 0 bridgehead atoms. The first kappa shape index (κ1) is 13.6. The molecule has 0 aliphatic heterocycles. The summed E-state index contributed by atoms with van der Waals surface area (Å²) in [6.45, 7) is 0. The Balaban J connectivity index is 2.19. The van der Waals surface area contributed by atoms with E-state index >= 15 is 0 Å². The molecule has 0 spiro atoms. The maximum atomic E-state index is 12.0. The molecule has 5 heteroatoms. The molecule has 4 aromatic rings. The molecule has 0 radical (unpaired) electrons. The first-order chi connectivity index (χ1) is 11.2. The molecule has 0 aliphatic rings. The average Bonchev–Trinajstić information content (AvgIpc) is 3.22. The third-order valence-corrected chi connectivity index (χ3v) is 4.03. The molecule has 1 aromatic carbocycles. The molecule has 114 valence electrons. The van der Waals surface area contributed by atoms with Crippen molar-refractivity contribution in [3.8, 4) is 11.5 Å². The van der Waals surface area contributed by atoms with Gasteiger partial charge in [-0.2, -0.15) is 0 Å². The van der Waals surface area contributed by atoms with Gasteiger partial charge in [-0.05, 0) is 24.3 Å². The summed E-state index contributed by atoms with van der Waals surface area (Å²) >= 11 is 0. The number of carbonyl (C=O) groups excluding carboxylic acids is 1. The number of ether oxygens (including phenoxy) is 1. The zero-order valence-electron chi connectivity index (χ0n) is 12.7. The average molecular weight is 306 g/mol. The minimum absolute atomic E-state index is 0.266.